The third-order valence-corrected chi connectivity index (χ3v) is 5.13. The highest BCUT2D eigenvalue weighted by molar-refractivity contribution is 5.80. The van der Waals surface area contributed by atoms with Gasteiger partial charge < -0.3 is 36.3 Å². The summed E-state index contributed by atoms with van der Waals surface area (Å²) in [7, 11) is 4.07. The maximum Gasteiger partial charge on any atom is 0.249 e. The first-order valence-corrected chi connectivity index (χ1v) is 9.28. The molecule has 1 saturated heterocycles. The lowest BCUT2D eigenvalue weighted by molar-refractivity contribution is -0.172. The van der Waals surface area contributed by atoms with Crippen molar-refractivity contribution in [2.45, 2.75) is 75.2 Å². The first-order chi connectivity index (χ1) is 11.9. The van der Waals surface area contributed by atoms with Gasteiger partial charge in [-0.05, 0) is 52.7 Å². The summed E-state index contributed by atoms with van der Waals surface area (Å²) in [6, 6.07) is 0.278. The zero-order chi connectivity index (χ0) is 18.4. The van der Waals surface area contributed by atoms with Crippen LogP contribution in [0.3, 0.4) is 0 Å². The minimum absolute atomic E-state index is 0.0135. The normalized spacial score (nSPS) is 34.2. The summed E-state index contributed by atoms with van der Waals surface area (Å²) in [4.78, 5) is 14.3. The Morgan fingerprint density at radius 2 is 2.08 bits per heavy atom. The summed E-state index contributed by atoms with van der Waals surface area (Å²) in [5, 5.41) is 12.8. The smallest absolute Gasteiger partial charge is 0.249 e. The fraction of sp³-hybridized carbons (Fsp3) is 0.941. The van der Waals surface area contributed by atoms with Crippen molar-refractivity contribution in [2.75, 3.05) is 27.2 Å². The molecule has 6 unspecified atom stereocenters. The lowest BCUT2D eigenvalue weighted by Gasteiger charge is -2.39. The van der Waals surface area contributed by atoms with Crippen molar-refractivity contribution in [3.8, 4) is 0 Å². The Labute approximate surface area is 150 Å². The van der Waals surface area contributed by atoms with E-state index in [4.69, 9.17) is 20.9 Å². The van der Waals surface area contributed by atoms with Crippen LogP contribution >= 0.6 is 0 Å². The molecule has 0 aromatic carbocycles. The van der Waals surface area contributed by atoms with E-state index in [1.807, 2.05) is 14.1 Å². The summed E-state index contributed by atoms with van der Waals surface area (Å²) in [5.74, 6) is -0.353. The first-order valence-electron chi connectivity index (χ1n) is 9.28. The van der Waals surface area contributed by atoms with Gasteiger partial charge in [-0.15, -0.1) is 0 Å². The number of carbonyl (C=O) groups excluding carboxylic acids is 1. The fourth-order valence-electron chi connectivity index (χ4n) is 3.64. The fourth-order valence-corrected chi connectivity index (χ4v) is 3.64. The SMILES string of the molecule is CN(C)C1CC(NC(=O)C(O)CCN)CC(OC2CCC(CN)O2)C1. The maximum absolute atomic E-state index is 12.1. The topological polar surface area (TPSA) is 123 Å². The highest BCUT2D eigenvalue weighted by atomic mass is 16.7. The molecule has 0 spiro atoms. The predicted molar refractivity (Wildman–Crippen MR) is 94.8 cm³/mol. The van der Waals surface area contributed by atoms with Gasteiger partial charge in [0.25, 0.3) is 0 Å². The highest BCUT2D eigenvalue weighted by Crippen LogP contribution is 2.29. The lowest BCUT2D eigenvalue weighted by Crippen LogP contribution is -2.51. The van der Waals surface area contributed by atoms with E-state index in [1.54, 1.807) is 0 Å². The van der Waals surface area contributed by atoms with E-state index in [0.29, 0.717) is 12.6 Å². The molecule has 8 nitrogen and oxygen atoms in total. The number of carbonyl (C=O) groups is 1. The number of nitrogens with one attached hydrogen (secondary N) is 1. The predicted octanol–water partition coefficient (Wildman–Crippen LogP) is -0.856. The summed E-state index contributed by atoms with van der Waals surface area (Å²) in [6.07, 6.45) is 3.35. The second kappa shape index (κ2) is 9.80. The van der Waals surface area contributed by atoms with Gasteiger partial charge in [0.05, 0.1) is 12.2 Å². The van der Waals surface area contributed by atoms with Crippen LogP contribution in [-0.4, -0.2) is 79.8 Å². The van der Waals surface area contributed by atoms with Crippen molar-refractivity contribution < 1.29 is 19.4 Å². The quantitative estimate of drug-likeness (QED) is 0.445. The van der Waals surface area contributed by atoms with Gasteiger partial charge in [0, 0.05) is 25.0 Å². The van der Waals surface area contributed by atoms with E-state index in [0.717, 1.165) is 32.1 Å². The van der Waals surface area contributed by atoms with Gasteiger partial charge in [-0.1, -0.05) is 0 Å². The Bertz CT molecular complexity index is 423. The molecule has 1 aliphatic heterocycles. The third-order valence-electron chi connectivity index (χ3n) is 5.13. The van der Waals surface area contributed by atoms with Crippen LogP contribution in [0.15, 0.2) is 0 Å². The second-order valence-electron chi connectivity index (χ2n) is 7.38. The van der Waals surface area contributed by atoms with E-state index < -0.39 is 6.10 Å². The number of hydrogen-bond donors (Lipinski definition) is 4. The van der Waals surface area contributed by atoms with Crippen LogP contribution in [0.4, 0.5) is 0 Å². The van der Waals surface area contributed by atoms with Crippen molar-refractivity contribution in [1.82, 2.24) is 10.2 Å². The molecular formula is C17H34N4O4. The third kappa shape index (κ3) is 6.16. The molecule has 1 heterocycles. The number of aliphatic hydroxyl groups excluding tert-OH is 1. The molecular weight excluding hydrogens is 324 g/mol. The molecule has 0 aromatic heterocycles. The molecule has 25 heavy (non-hydrogen) atoms. The number of aliphatic hydroxyl groups is 1. The molecule has 6 atom stereocenters. The van der Waals surface area contributed by atoms with Gasteiger partial charge >= 0.3 is 0 Å². The Morgan fingerprint density at radius 3 is 2.68 bits per heavy atom. The summed E-state index contributed by atoms with van der Waals surface area (Å²) in [6.45, 7) is 0.801. The van der Waals surface area contributed by atoms with Crippen LogP contribution in [0, 0.1) is 0 Å². The zero-order valence-electron chi connectivity index (χ0n) is 15.4. The summed E-state index contributed by atoms with van der Waals surface area (Å²) in [5.41, 5.74) is 11.1. The van der Waals surface area contributed by atoms with Crippen LogP contribution in [-0.2, 0) is 14.3 Å². The largest absolute Gasteiger partial charge is 0.383 e. The van der Waals surface area contributed by atoms with E-state index in [2.05, 4.69) is 10.2 Å². The van der Waals surface area contributed by atoms with Crippen LogP contribution in [0.5, 0.6) is 0 Å². The zero-order valence-corrected chi connectivity index (χ0v) is 15.4. The average molecular weight is 358 g/mol. The Kier molecular flexibility index (Phi) is 8.05. The molecule has 0 bridgehead atoms. The number of nitrogens with zero attached hydrogens (tertiary/aromatic N) is 1. The molecule has 6 N–H and O–H groups in total. The van der Waals surface area contributed by atoms with Crippen molar-refractivity contribution in [3.05, 3.63) is 0 Å². The van der Waals surface area contributed by atoms with Gasteiger partial charge in [-0.3, -0.25) is 4.79 Å². The number of hydrogen-bond acceptors (Lipinski definition) is 7. The molecule has 1 saturated carbocycles. The van der Waals surface area contributed by atoms with Crippen LogP contribution in [0.25, 0.3) is 0 Å². The number of ether oxygens (including phenoxy) is 2. The monoisotopic (exact) mass is 358 g/mol. The van der Waals surface area contributed by atoms with Crippen molar-refractivity contribution >= 4 is 5.91 Å². The maximum atomic E-state index is 12.1. The molecule has 2 aliphatic rings. The average Bonchev–Trinajstić information content (AvgIpc) is 3.02. The standard InChI is InChI=1S/C17H34N4O4/c1-21(2)12-7-11(20-17(23)15(22)5-6-18)8-14(9-12)25-16-4-3-13(10-19)24-16/h11-16,22H,3-10,18-19H2,1-2H3,(H,20,23). The van der Waals surface area contributed by atoms with Gasteiger partial charge in [-0.2, -0.15) is 0 Å². The summed E-state index contributed by atoms with van der Waals surface area (Å²) >= 11 is 0. The van der Waals surface area contributed by atoms with Gasteiger partial charge in [0.15, 0.2) is 6.29 Å². The van der Waals surface area contributed by atoms with Gasteiger partial charge in [0.2, 0.25) is 5.91 Å². The number of nitrogens with two attached hydrogens (primary N) is 2. The van der Waals surface area contributed by atoms with E-state index in [-0.39, 0.29) is 43.4 Å². The molecule has 2 fully saturated rings. The molecule has 0 aromatic rings. The van der Waals surface area contributed by atoms with Crippen LogP contribution in [0.2, 0.25) is 0 Å². The van der Waals surface area contributed by atoms with Crippen molar-refractivity contribution in [2.24, 2.45) is 11.5 Å². The van der Waals surface area contributed by atoms with Crippen LogP contribution in [0.1, 0.15) is 38.5 Å². The Morgan fingerprint density at radius 1 is 1.32 bits per heavy atom. The van der Waals surface area contributed by atoms with E-state index >= 15 is 0 Å². The first kappa shape index (κ1) is 20.5. The number of amides is 1. The van der Waals surface area contributed by atoms with Gasteiger partial charge in [0.1, 0.15) is 6.10 Å². The summed E-state index contributed by atoms with van der Waals surface area (Å²) < 4.78 is 11.9. The number of rotatable bonds is 8. The van der Waals surface area contributed by atoms with Crippen LogP contribution < -0.4 is 16.8 Å². The molecule has 1 amide bonds. The molecule has 0 radical (unpaired) electrons. The van der Waals surface area contributed by atoms with E-state index in [9.17, 15) is 9.90 Å². The second-order valence-corrected chi connectivity index (χ2v) is 7.38. The molecule has 8 heteroatoms. The van der Waals surface area contributed by atoms with Crippen molar-refractivity contribution in [3.63, 3.8) is 0 Å². The highest BCUT2D eigenvalue weighted by Gasteiger charge is 2.35. The molecule has 146 valence electrons. The minimum Gasteiger partial charge on any atom is -0.383 e. The van der Waals surface area contributed by atoms with E-state index in [1.165, 1.54) is 0 Å². The lowest BCUT2D eigenvalue weighted by atomic mass is 9.87. The molecule has 1 aliphatic carbocycles. The Balaban J connectivity index is 1.90. The Hall–Kier alpha value is -0.770. The van der Waals surface area contributed by atoms with Crippen molar-refractivity contribution in [1.29, 1.82) is 0 Å². The minimum atomic E-state index is -1.05. The molecule has 2 rings (SSSR count). The van der Waals surface area contributed by atoms with Gasteiger partial charge in [-0.25, -0.2) is 0 Å².